The van der Waals surface area contributed by atoms with Crippen LogP contribution < -0.4 is 4.90 Å². The number of carbonyl (C=O) groups excluding carboxylic acids is 2. The van der Waals surface area contributed by atoms with Crippen molar-refractivity contribution in [1.82, 2.24) is 0 Å². The van der Waals surface area contributed by atoms with E-state index in [1.54, 1.807) is 0 Å². The van der Waals surface area contributed by atoms with Gasteiger partial charge in [0.15, 0.2) is 0 Å². The van der Waals surface area contributed by atoms with Crippen LogP contribution in [0, 0.1) is 20.8 Å². The second-order valence-corrected chi connectivity index (χ2v) is 4.63. The summed E-state index contributed by atoms with van der Waals surface area (Å²) in [5.74, 6) is -0.832. The molecular formula is C13H12ClNO2. The van der Waals surface area contributed by atoms with Gasteiger partial charge in [0.05, 0.1) is 5.69 Å². The van der Waals surface area contributed by atoms with Gasteiger partial charge < -0.3 is 0 Å². The molecule has 1 aliphatic rings. The van der Waals surface area contributed by atoms with E-state index in [2.05, 4.69) is 0 Å². The van der Waals surface area contributed by atoms with Crippen molar-refractivity contribution in [2.24, 2.45) is 0 Å². The van der Waals surface area contributed by atoms with Crippen LogP contribution in [-0.2, 0) is 9.59 Å². The van der Waals surface area contributed by atoms with Gasteiger partial charge in [-0.3, -0.25) is 9.59 Å². The van der Waals surface area contributed by atoms with Crippen LogP contribution in [0.1, 0.15) is 16.7 Å². The van der Waals surface area contributed by atoms with Gasteiger partial charge >= 0.3 is 0 Å². The predicted octanol–water partition coefficient (Wildman–Crippen LogP) is 2.61. The van der Waals surface area contributed by atoms with Gasteiger partial charge in [0.25, 0.3) is 11.8 Å². The molecule has 2 rings (SSSR count). The van der Waals surface area contributed by atoms with E-state index in [1.807, 2.05) is 32.9 Å². The molecule has 0 atom stereocenters. The number of hydrogen-bond donors (Lipinski definition) is 0. The standard InChI is InChI=1S/C13H12ClNO2/c1-7-4-8(2)12(9(3)5-7)15-11(16)6-10(14)13(15)17/h4-6H,1-3H3. The first-order valence-corrected chi connectivity index (χ1v) is 5.63. The van der Waals surface area contributed by atoms with Crippen molar-refractivity contribution in [3.05, 3.63) is 39.9 Å². The van der Waals surface area contributed by atoms with E-state index < -0.39 is 5.91 Å². The fourth-order valence-electron chi connectivity index (χ4n) is 2.18. The van der Waals surface area contributed by atoms with Crippen molar-refractivity contribution in [3.63, 3.8) is 0 Å². The minimum absolute atomic E-state index is 0.0330. The molecule has 0 saturated heterocycles. The minimum Gasteiger partial charge on any atom is -0.269 e. The molecule has 2 amide bonds. The zero-order valence-electron chi connectivity index (χ0n) is 9.87. The minimum atomic E-state index is -0.452. The second kappa shape index (κ2) is 4.00. The fraction of sp³-hybridized carbons (Fsp3) is 0.231. The number of anilines is 1. The summed E-state index contributed by atoms with van der Waals surface area (Å²) >= 11 is 5.69. The first kappa shape index (κ1) is 11.9. The molecule has 17 heavy (non-hydrogen) atoms. The molecule has 0 radical (unpaired) electrons. The summed E-state index contributed by atoms with van der Waals surface area (Å²) in [6, 6.07) is 3.88. The van der Waals surface area contributed by atoms with E-state index >= 15 is 0 Å². The molecule has 0 saturated carbocycles. The third-order valence-electron chi connectivity index (χ3n) is 2.74. The Bertz CT molecular complexity index is 538. The van der Waals surface area contributed by atoms with Gasteiger partial charge in [-0.05, 0) is 31.9 Å². The zero-order chi connectivity index (χ0) is 12.7. The molecule has 1 aromatic rings. The van der Waals surface area contributed by atoms with E-state index in [9.17, 15) is 9.59 Å². The smallest absolute Gasteiger partial charge is 0.269 e. The van der Waals surface area contributed by atoms with Crippen LogP contribution in [-0.4, -0.2) is 11.8 Å². The van der Waals surface area contributed by atoms with Crippen molar-refractivity contribution >= 4 is 29.1 Å². The molecule has 1 aromatic carbocycles. The molecule has 0 aliphatic carbocycles. The molecule has 0 fully saturated rings. The summed E-state index contributed by atoms with van der Waals surface area (Å²) in [6.45, 7) is 5.73. The normalized spacial score (nSPS) is 15.5. The second-order valence-electron chi connectivity index (χ2n) is 4.22. The molecule has 1 aliphatic heterocycles. The lowest BCUT2D eigenvalue weighted by molar-refractivity contribution is -0.120. The highest BCUT2D eigenvalue weighted by Crippen LogP contribution is 2.31. The Morgan fingerprint density at radius 2 is 1.59 bits per heavy atom. The molecule has 88 valence electrons. The maximum absolute atomic E-state index is 11.8. The Morgan fingerprint density at radius 3 is 2.00 bits per heavy atom. The highest BCUT2D eigenvalue weighted by atomic mass is 35.5. The van der Waals surface area contributed by atoms with Crippen molar-refractivity contribution in [2.75, 3.05) is 4.90 Å². The summed E-state index contributed by atoms with van der Waals surface area (Å²) in [5.41, 5.74) is 3.52. The van der Waals surface area contributed by atoms with Gasteiger partial charge in [0.1, 0.15) is 5.03 Å². The van der Waals surface area contributed by atoms with Gasteiger partial charge in [-0.15, -0.1) is 0 Å². The highest BCUT2D eigenvalue weighted by molar-refractivity contribution is 6.51. The van der Waals surface area contributed by atoms with E-state index in [1.165, 1.54) is 0 Å². The lowest BCUT2D eigenvalue weighted by Gasteiger charge is -2.20. The number of amides is 2. The van der Waals surface area contributed by atoms with Crippen LogP contribution in [0.5, 0.6) is 0 Å². The van der Waals surface area contributed by atoms with E-state index in [4.69, 9.17) is 11.6 Å². The van der Waals surface area contributed by atoms with E-state index in [0.717, 1.165) is 27.7 Å². The van der Waals surface area contributed by atoms with Crippen molar-refractivity contribution < 1.29 is 9.59 Å². The molecule has 0 spiro atoms. The lowest BCUT2D eigenvalue weighted by Crippen LogP contribution is -2.31. The van der Waals surface area contributed by atoms with Crippen LogP contribution in [0.25, 0.3) is 0 Å². The third-order valence-corrected chi connectivity index (χ3v) is 3.01. The number of hydrogen-bond acceptors (Lipinski definition) is 2. The molecule has 4 heteroatoms. The van der Waals surface area contributed by atoms with Crippen LogP contribution in [0.15, 0.2) is 23.2 Å². The average molecular weight is 250 g/mol. The van der Waals surface area contributed by atoms with Gasteiger partial charge in [-0.2, -0.15) is 0 Å². The maximum atomic E-state index is 11.8. The van der Waals surface area contributed by atoms with Crippen molar-refractivity contribution in [3.8, 4) is 0 Å². The molecule has 0 aromatic heterocycles. The first-order valence-electron chi connectivity index (χ1n) is 5.25. The summed E-state index contributed by atoms with van der Waals surface area (Å²) in [7, 11) is 0. The van der Waals surface area contributed by atoms with Gasteiger partial charge in [-0.1, -0.05) is 29.3 Å². The molecule has 0 N–H and O–H groups in total. The van der Waals surface area contributed by atoms with E-state index in [0.29, 0.717) is 5.69 Å². The summed E-state index contributed by atoms with van der Waals surface area (Å²) < 4.78 is 0. The quantitative estimate of drug-likeness (QED) is 0.718. The largest absolute Gasteiger partial charge is 0.277 e. The molecular weight excluding hydrogens is 238 g/mol. The number of aryl methyl sites for hydroxylation is 3. The Kier molecular flexibility index (Phi) is 2.79. The topological polar surface area (TPSA) is 37.4 Å². The zero-order valence-corrected chi connectivity index (χ0v) is 10.6. The Balaban J connectivity index is 2.57. The van der Waals surface area contributed by atoms with Crippen LogP contribution in [0.3, 0.4) is 0 Å². The number of nitrogens with zero attached hydrogens (tertiary/aromatic N) is 1. The predicted molar refractivity (Wildman–Crippen MR) is 67.1 cm³/mol. The van der Waals surface area contributed by atoms with Crippen molar-refractivity contribution in [1.29, 1.82) is 0 Å². The Hall–Kier alpha value is -1.61. The Morgan fingerprint density at radius 1 is 1.06 bits per heavy atom. The van der Waals surface area contributed by atoms with Crippen molar-refractivity contribution in [2.45, 2.75) is 20.8 Å². The van der Waals surface area contributed by atoms with Gasteiger partial charge in [0, 0.05) is 6.08 Å². The highest BCUT2D eigenvalue weighted by Gasteiger charge is 2.33. The number of imide groups is 1. The summed E-state index contributed by atoms with van der Waals surface area (Å²) in [4.78, 5) is 24.7. The van der Waals surface area contributed by atoms with E-state index in [-0.39, 0.29) is 10.9 Å². The third kappa shape index (κ3) is 1.87. The molecule has 0 bridgehead atoms. The SMILES string of the molecule is Cc1cc(C)c(N2C(=O)C=C(Cl)C2=O)c(C)c1. The van der Waals surface area contributed by atoms with Crippen LogP contribution >= 0.6 is 11.6 Å². The number of carbonyl (C=O) groups is 2. The summed E-state index contributed by atoms with van der Waals surface area (Å²) in [5, 5.41) is -0.0330. The average Bonchev–Trinajstić information content (AvgIpc) is 2.43. The van der Waals surface area contributed by atoms with Crippen LogP contribution in [0.2, 0.25) is 0 Å². The fourth-order valence-corrected chi connectivity index (χ4v) is 2.36. The maximum Gasteiger partial charge on any atom is 0.277 e. The monoisotopic (exact) mass is 249 g/mol. The van der Waals surface area contributed by atoms with Gasteiger partial charge in [-0.25, -0.2) is 4.90 Å². The summed E-state index contributed by atoms with van der Waals surface area (Å²) in [6.07, 6.45) is 1.16. The number of halogens is 1. The van der Waals surface area contributed by atoms with Gasteiger partial charge in [0.2, 0.25) is 0 Å². The Labute approximate surface area is 105 Å². The molecule has 1 heterocycles. The number of benzene rings is 1. The first-order chi connectivity index (χ1) is 7.91. The number of rotatable bonds is 1. The van der Waals surface area contributed by atoms with Crippen LogP contribution in [0.4, 0.5) is 5.69 Å². The molecule has 3 nitrogen and oxygen atoms in total. The lowest BCUT2D eigenvalue weighted by atomic mass is 10.0. The molecule has 0 unspecified atom stereocenters.